The molecule has 0 unspecified atom stereocenters. The molecule has 0 N–H and O–H groups in total. The van der Waals surface area contributed by atoms with Gasteiger partial charge in [0.1, 0.15) is 0 Å². The van der Waals surface area contributed by atoms with Crippen molar-refractivity contribution in [1.82, 2.24) is 9.78 Å². The van der Waals surface area contributed by atoms with Gasteiger partial charge in [0.2, 0.25) is 0 Å². The van der Waals surface area contributed by atoms with E-state index in [1.807, 2.05) is 26.1 Å². The van der Waals surface area contributed by atoms with Crippen LogP contribution in [0, 0.1) is 6.92 Å². The molecule has 1 aromatic heterocycles. The quantitative estimate of drug-likeness (QED) is 0.597. The maximum Gasteiger partial charge on any atom is 0.308 e. The van der Waals surface area contributed by atoms with Crippen molar-refractivity contribution in [2.45, 2.75) is 13.8 Å². The molecule has 0 fully saturated rings. The van der Waals surface area contributed by atoms with Gasteiger partial charge < -0.3 is 4.74 Å². The number of carbonyl (C=O) groups is 1. The van der Waals surface area contributed by atoms with Crippen LogP contribution in [0.3, 0.4) is 0 Å². The Morgan fingerprint density at radius 3 is 2.81 bits per heavy atom. The molecule has 0 saturated heterocycles. The van der Waals surface area contributed by atoms with Crippen molar-refractivity contribution in [2.75, 3.05) is 0 Å². The van der Waals surface area contributed by atoms with E-state index >= 15 is 0 Å². The molecule has 16 heavy (non-hydrogen) atoms. The summed E-state index contributed by atoms with van der Waals surface area (Å²) in [4.78, 5) is 11.1. The van der Waals surface area contributed by atoms with E-state index in [1.54, 1.807) is 4.68 Å². The summed E-state index contributed by atoms with van der Waals surface area (Å²) in [7, 11) is 1.86. The fourth-order valence-corrected chi connectivity index (χ4v) is 2.03. The van der Waals surface area contributed by atoms with Crippen LogP contribution in [-0.4, -0.2) is 15.7 Å². The van der Waals surface area contributed by atoms with Crippen molar-refractivity contribution >= 4 is 32.8 Å². The van der Waals surface area contributed by atoms with Gasteiger partial charge in [0.15, 0.2) is 5.75 Å². The highest BCUT2D eigenvalue weighted by Crippen LogP contribution is 2.35. The monoisotopic (exact) mass is 282 g/mol. The number of hydrogen-bond acceptors (Lipinski definition) is 3. The zero-order chi connectivity index (χ0) is 11.9. The first-order valence-corrected chi connectivity index (χ1v) is 5.60. The van der Waals surface area contributed by atoms with Gasteiger partial charge in [-0.2, -0.15) is 5.10 Å². The average Bonchev–Trinajstić information content (AvgIpc) is 2.48. The third-order valence-electron chi connectivity index (χ3n) is 2.44. The van der Waals surface area contributed by atoms with E-state index in [-0.39, 0.29) is 5.97 Å². The first-order valence-electron chi connectivity index (χ1n) is 4.81. The van der Waals surface area contributed by atoms with Crippen LogP contribution < -0.4 is 4.74 Å². The Hall–Kier alpha value is -1.36. The summed E-state index contributed by atoms with van der Waals surface area (Å²) in [5.74, 6) is 0.201. The Kier molecular flexibility index (Phi) is 2.71. The number of aromatic nitrogens is 2. The Balaban J connectivity index is 2.77. The van der Waals surface area contributed by atoms with Crippen LogP contribution >= 0.6 is 15.9 Å². The van der Waals surface area contributed by atoms with E-state index in [1.165, 1.54) is 6.92 Å². The smallest absolute Gasteiger partial charge is 0.308 e. The number of benzene rings is 1. The van der Waals surface area contributed by atoms with Crippen LogP contribution in [0.1, 0.15) is 12.6 Å². The second kappa shape index (κ2) is 3.90. The number of esters is 1. The molecular weight excluding hydrogens is 272 g/mol. The van der Waals surface area contributed by atoms with Crippen LogP contribution in [0.4, 0.5) is 0 Å². The van der Waals surface area contributed by atoms with Gasteiger partial charge >= 0.3 is 5.97 Å². The van der Waals surface area contributed by atoms with Crippen molar-refractivity contribution in [1.29, 1.82) is 0 Å². The summed E-state index contributed by atoms with van der Waals surface area (Å²) in [5.41, 5.74) is 1.78. The van der Waals surface area contributed by atoms with Crippen molar-refractivity contribution in [2.24, 2.45) is 7.05 Å². The Morgan fingerprint density at radius 1 is 1.50 bits per heavy atom. The van der Waals surface area contributed by atoms with E-state index in [2.05, 4.69) is 21.0 Å². The van der Waals surface area contributed by atoms with E-state index in [0.717, 1.165) is 21.1 Å². The molecule has 1 heterocycles. The van der Waals surface area contributed by atoms with E-state index in [9.17, 15) is 4.79 Å². The van der Waals surface area contributed by atoms with E-state index in [4.69, 9.17) is 4.74 Å². The van der Waals surface area contributed by atoms with Gasteiger partial charge in [-0.15, -0.1) is 0 Å². The minimum absolute atomic E-state index is 0.337. The molecule has 4 nitrogen and oxygen atoms in total. The molecule has 0 amide bonds. The molecular formula is C11H11BrN2O2. The lowest BCUT2D eigenvalue weighted by Gasteiger charge is -2.05. The summed E-state index contributed by atoms with van der Waals surface area (Å²) in [6.45, 7) is 3.33. The fourth-order valence-electron chi connectivity index (χ4n) is 1.62. The molecule has 0 saturated carbocycles. The number of fused-ring (bicyclic) bond motifs is 1. The maximum absolute atomic E-state index is 11.1. The number of aryl methyl sites for hydroxylation is 2. The average molecular weight is 283 g/mol. The van der Waals surface area contributed by atoms with Gasteiger partial charge in [-0.3, -0.25) is 9.48 Å². The van der Waals surface area contributed by atoms with Crippen molar-refractivity contribution in [3.05, 3.63) is 22.3 Å². The summed E-state index contributed by atoms with van der Waals surface area (Å²) in [6.07, 6.45) is 0. The molecule has 0 aliphatic carbocycles. The van der Waals surface area contributed by atoms with Gasteiger partial charge in [0.25, 0.3) is 0 Å². The van der Waals surface area contributed by atoms with Crippen LogP contribution in [0.5, 0.6) is 5.75 Å². The normalized spacial score (nSPS) is 10.8. The predicted molar refractivity (Wildman–Crippen MR) is 64.5 cm³/mol. The van der Waals surface area contributed by atoms with Crippen LogP contribution in [0.2, 0.25) is 0 Å². The zero-order valence-electron chi connectivity index (χ0n) is 9.24. The van der Waals surface area contributed by atoms with Gasteiger partial charge in [-0.25, -0.2) is 0 Å². The molecule has 0 bridgehead atoms. The Labute approximate surface area is 101 Å². The number of nitrogens with zero attached hydrogens (tertiary/aromatic N) is 2. The SMILES string of the molecule is CC(=O)Oc1c(Br)ccc2nn(C)c(C)c12. The van der Waals surface area contributed by atoms with Crippen LogP contribution in [0.15, 0.2) is 16.6 Å². The van der Waals surface area contributed by atoms with Crippen LogP contribution in [-0.2, 0) is 11.8 Å². The molecule has 84 valence electrons. The summed E-state index contributed by atoms with van der Waals surface area (Å²) < 4.78 is 7.74. The van der Waals surface area contributed by atoms with Crippen LogP contribution in [0.25, 0.3) is 10.9 Å². The number of rotatable bonds is 1. The topological polar surface area (TPSA) is 44.1 Å². The first-order chi connectivity index (χ1) is 7.50. The summed E-state index contributed by atoms with van der Waals surface area (Å²) in [6, 6.07) is 3.71. The van der Waals surface area contributed by atoms with Gasteiger partial charge in [-0.05, 0) is 35.0 Å². The predicted octanol–water partition coefficient (Wildman–Crippen LogP) is 2.57. The molecule has 0 aliphatic heterocycles. The van der Waals surface area contributed by atoms with Crippen molar-refractivity contribution < 1.29 is 9.53 Å². The minimum Gasteiger partial charge on any atom is -0.425 e. The van der Waals surface area contributed by atoms with Crippen molar-refractivity contribution in [3.63, 3.8) is 0 Å². The Morgan fingerprint density at radius 2 is 2.19 bits per heavy atom. The van der Waals surface area contributed by atoms with Gasteiger partial charge in [0.05, 0.1) is 15.4 Å². The molecule has 2 rings (SSSR count). The lowest BCUT2D eigenvalue weighted by atomic mass is 10.2. The molecule has 5 heteroatoms. The molecule has 0 aliphatic rings. The minimum atomic E-state index is -0.337. The second-order valence-corrected chi connectivity index (χ2v) is 4.43. The third kappa shape index (κ3) is 1.71. The lowest BCUT2D eigenvalue weighted by molar-refractivity contribution is -0.131. The number of hydrogen-bond donors (Lipinski definition) is 0. The number of ether oxygens (including phenoxy) is 1. The largest absolute Gasteiger partial charge is 0.425 e. The summed E-state index contributed by atoms with van der Waals surface area (Å²) in [5, 5.41) is 5.19. The van der Waals surface area contributed by atoms with E-state index in [0.29, 0.717) is 5.75 Å². The highest BCUT2D eigenvalue weighted by Gasteiger charge is 2.15. The van der Waals surface area contributed by atoms with Gasteiger partial charge in [-0.1, -0.05) is 0 Å². The summed E-state index contributed by atoms with van der Waals surface area (Å²) >= 11 is 3.38. The maximum atomic E-state index is 11.1. The lowest BCUT2D eigenvalue weighted by Crippen LogP contribution is -2.02. The molecule has 2 aromatic rings. The first kappa shape index (κ1) is 11.1. The second-order valence-electron chi connectivity index (χ2n) is 3.57. The number of carbonyl (C=O) groups excluding carboxylic acids is 1. The molecule has 0 radical (unpaired) electrons. The number of halogens is 1. The fraction of sp³-hybridized carbons (Fsp3) is 0.273. The zero-order valence-corrected chi connectivity index (χ0v) is 10.8. The molecule has 0 atom stereocenters. The highest BCUT2D eigenvalue weighted by molar-refractivity contribution is 9.10. The van der Waals surface area contributed by atoms with Gasteiger partial charge in [0, 0.05) is 19.7 Å². The van der Waals surface area contributed by atoms with E-state index < -0.39 is 0 Å². The standard InChI is InChI=1S/C11H11BrN2O2/c1-6-10-9(13-14(6)3)5-4-8(12)11(10)16-7(2)15/h4-5H,1-3H3. The highest BCUT2D eigenvalue weighted by atomic mass is 79.9. The molecule has 1 aromatic carbocycles. The molecule has 0 spiro atoms. The Bertz CT molecular complexity index is 575. The van der Waals surface area contributed by atoms with Crippen molar-refractivity contribution in [3.8, 4) is 5.75 Å². The third-order valence-corrected chi connectivity index (χ3v) is 3.06.